The normalized spacial score (nSPS) is 11.2. The summed E-state index contributed by atoms with van der Waals surface area (Å²) in [7, 11) is 3.20. The predicted octanol–water partition coefficient (Wildman–Crippen LogP) is 2.31. The van der Waals surface area contributed by atoms with Gasteiger partial charge in [0.05, 0.1) is 12.9 Å². The number of ether oxygens (including phenoxy) is 1. The van der Waals surface area contributed by atoms with Gasteiger partial charge in [0.1, 0.15) is 0 Å². The van der Waals surface area contributed by atoms with Crippen molar-refractivity contribution in [2.45, 2.75) is 12.7 Å². The van der Waals surface area contributed by atoms with E-state index >= 15 is 0 Å². The molecule has 1 unspecified atom stereocenters. The van der Waals surface area contributed by atoms with E-state index in [-0.39, 0.29) is 30.2 Å². The number of carbonyl (C=O) groups excluding carboxylic acids is 2. The van der Waals surface area contributed by atoms with Crippen molar-refractivity contribution < 1.29 is 14.3 Å². The summed E-state index contributed by atoms with van der Waals surface area (Å²) in [6.45, 7) is 2.52. The van der Waals surface area contributed by atoms with Crippen molar-refractivity contribution in [3.8, 4) is 0 Å². The molecule has 0 saturated carbocycles. The predicted molar refractivity (Wildman–Crippen MR) is 93.6 cm³/mol. The summed E-state index contributed by atoms with van der Waals surface area (Å²) >= 11 is 1.48. The SMILES string of the molecule is CNCC(C)C(=O)Nc1cccc(CSCC(=O)OC)c1.Cl. The van der Waals surface area contributed by atoms with E-state index in [1.165, 1.54) is 18.9 Å². The number of hydrogen-bond donors (Lipinski definition) is 2. The summed E-state index contributed by atoms with van der Waals surface area (Å²) in [5.41, 5.74) is 1.84. The highest BCUT2D eigenvalue weighted by molar-refractivity contribution is 7.99. The number of esters is 1. The number of rotatable bonds is 8. The maximum atomic E-state index is 11.9. The van der Waals surface area contributed by atoms with Gasteiger partial charge in [-0.05, 0) is 24.7 Å². The van der Waals surface area contributed by atoms with Crippen molar-refractivity contribution >= 4 is 41.7 Å². The Morgan fingerprint density at radius 1 is 1.36 bits per heavy atom. The van der Waals surface area contributed by atoms with Crippen molar-refractivity contribution in [2.24, 2.45) is 5.92 Å². The summed E-state index contributed by atoms with van der Waals surface area (Å²) in [4.78, 5) is 23.0. The minimum atomic E-state index is -0.231. The van der Waals surface area contributed by atoms with Gasteiger partial charge in [0.15, 0.2) is 0 Å². The van der Waals surface area contributed by atoms with Crippen LogP contribution in [0.25, 0.3) is 0 Å². The summed E-state index contributed by atoms with van der Waals surface area (Å²) in [5.74, 6) is 0.693. The summed E-state index contributed by atoms with van der Waals surface area (Å²) < 4.78 is 4.59. The molecule has 0 aliphatic rings. The highest BCUT2D eigenvalue weighted by Gasteiger charge is 2.12. The van der Waals surface area contributed by atoms with E-state index in [2.05, 4.69) is 15.4 Å². The molecule has 124 valence electrons. The van der Waals surface area contributed by atoms with Crippen LogP contribution in [0.5, 0.6) is 0 Å². The average Bonchev–Trinajstić information content (AvgIpc) is 2.47. The maximum absolute atomic E-state index is 11.9. The van der Waals surface area contributed by atoms with Crippen LogP contribution in [0.1, 0.15) is 12.5 Å². The topological polar surface area (TPSA) is 67.4 Å². The molecule has 1 aromatic carbocycles. The third-order valence-electron chi connectivity index (χ3n) is 2.87. The first-order valence-corrected chi connectivity index (χ1v) is 7.91. The summed E-state index contributed by atoms with van der Waals surface area (Å²) in [5, 5.41) is 5.88. The van der Waals surface area contributed by atoms with E-state index in [0.717, 1.165) is 11.3 Å². The first-order valence-electron chi connectivity index (χ1n) is 6.75. The second-order valence-corrected chi connectivity index (χ2v) is 5.70. The third-order valence-corrected chi connectivity index (χ3v) is 3.85. The number of amides is 1. The molecule has 22 heavy (non-hydrogen) atoms. The number of halogens is 1. The van der Waals surface area contributed by atoms with Crippen LogP contribution in [-0.4, -0.2) is 38.3 Å². The molecule has 1 atom stereocenters. The molecular weight excluding hydrogens is 324 g/mol. The van der Waals surface area contributed by atoms with E-state index in [9.17, 15) is 9.59 Å². The van der Waals surface area contributed by atoms with E-state index in [1.807, 2.05) is 38.2 Å². The molecular formula is C15H23ClN2O3S. The average molecular weight is 347 g/mol. The van der Waals surface area contributed by atoms with Crippen LogP contribution in [-0.2, 0) is 20.1 Å². The number of nitrogens with one attached hydrogen (secondary N) is 2. The first-order chi connectivity index (χ1) is 10.1. The number of thioether (sulfide) groups is 1. The number of methoxy groups -OCH3 is 1. The third kappa shape index (κ3) is 7.68. The maximum Gasteiger partial charge on any atom is 0.315 e. The highest BCUT2D eigenvalue weighted by Crippen LogP contribution is 2.17. The molecule has 7 heteroatoms. The molecule has 2 N–H and O–H groups in total. The lowest BCUT2D eigenvalue weighted by Crippen LogP contribution is -2.28. The van der Waals surface area contributed by atoms with E-state index in [4.69, 9.17) is 0 Å². The molecule has 1 amide bonds. The van der Waals surface area contributed by atoms with E-state index in [1.54, 1.807) is 0 Å². The number of anilines is 1. The zero-order chi connectivity index (χ0) is 15.7. The van der Waals surface area contributed by atoms with Gasteiger partial charge < -0.3 is 15.4 Å². The minimum Gasteiger partial charge on any atom is -0.468 e. The zero-order valence-corrected chi connectivity index (χ0v) is 14.7. The molecule has 0 saturated heterocycles. The Bertz CT molecular complexity index is 486. The lowest BCUT2D eigenvalue weighted by atomic mass is 10.1. The number of carbonyl (C=O) groups is 2. The molecule has 1 aromatic rings. The van der Waals surface area contributed by atoms with Gasteiger partial charge in [0, 0.05) is 23.9 Å². The zero-order valence-electron chi connectivity index (χ0n) is 13.0. The molecule has 0 spiro atoms. The molecule has 5 nitrogen and oxygen atoms in total. The lowest BCUT2D eigenvalue weighted by Gasteiger charge is -2.12. The second-order valence-electron chi connectivity index (χ2n) is 4.72. The molecule has 0 fully saturated rings. The Morgan fingerprint density at radius 2 is 2.09 bits per heavy atom. The van der Waals surface area contributed by atoms with Crippen LogP contribution in [0.15, 0.2) is 24.3 Å². The van der Waals surface area contributed by atoms with Gasteiger partial charge in [-0.25, -0.2) is 0 Å². The van der Waals surface area contributed by atoms with Crippen molar-refractivity contribution in [3.05, 3.63) is 29.8 Å². The van der Waals surface area contributed by atoms with Crippen LogP contribution in [0.3, 0.4) is 0 Å². The van der Waals surface area contributed by atoms with E-state index < -0.39 is 0 Å². The molecule has 0 aliphatic carbocycles. The second kappa shape index (κ2) is 11.3. The van der Waals surface area contributed by atoms with Crippen LogP contribution < -0.4 is 10.6 Å². The minimum absolute atomic E-state index is 0. The van der Waals surface area contributed by atoms with Gasteiger partial charge in [-0.2, -0.15) is 0 Å². The van der Waals surface area contributed by atoms with Crippen LogP contribution >= 0.6 is 24.2 Å². The van der Waals surface area contributed by atoms with Gasteiger partial charge in [0.25, 0.3) is 0 Å². The number of benzene rings is 1. The fourth-order valence-corrected chi connectivity index (χ4v) is 2.52. The summed E-state index contributed by atoms with van der Waals surface area (Å²) in [6, 6.07) is 7.65. The Labute approximate surface area is 142 Å². The highest BCUT2D eigenvalue weighted by atomic mass is 35.5. The van der Waals surface area contributed by atoms with Gasteiger partial charge >= 0.3 is 5.97 Å². The summed E-state index contributed by atoms with van der Waals surface area (Å²) in [6.07, 6.45) is 0. The van der Waals surface area contributed by atoms with Crippen molar-refractivity contribution in [2.75, 3.05) is 31.8 Å². The standard InChI is InChI=1S/C15H22N2O3S.ClH/c1-11(8-16-2)15(19)17-13-6-4-5-12(7-13)9-21-10-14(18)20-3;/h4-7,11,16H,8-10H2,1-3H3,(H,17,19);1H. The molecule has 0 aromatic heterocycles. The van der Waals surface area contributed by atoms with Crippen molar-refractivity contribution in [1.82, 2.24) is 5.32 Å². The fourth-order valence-electron chi connectivity index (χ4n) is 1.71. The molecule has 0 aliphatic heterocycles. The smallest absolute Gasteiger partial charge is 0.315 e. The molecule has 0 radical (unpaired) electrons. The quantitative estimate of drug-likeness (QED) is 0.707. The van der Waals surface area contributed by atoms with Crippen LogP contribution in [0, 0.1) is 5.92 Å². The lowest BCUT2D eigenvalue weighted by molar-refractivity contribution is -0.137. The van der Waals surface area contributed by atoms with Crippen molar-refractivity contribution in [1.29, 1.82) is 0 Å². The molecule has 0 bridgehead atoms. The Kier molecular flexibility index (Phi) is 10.7. The monoisotopic (exact) mass is 346 g/mol. The number of hydrogen-bond acceptors (Lipinski definition) is 5. The van der Waals surface area contributed by atoms with Crippen LogP contribution in [0.2, 0.25) is 0 Å². The fraction of sp³-hybridized carbons (Fsp3) is 0.467. The van der Waals surface area contributed by atoms with Gasteiger partial charge in [-0.1, -0.05) is 19.1 Å². The Hall–Kier alpha value is -1.24. The largest absolute Gasteiger partial charge is 0.468 e. The molecule has 0 heterocycles. The van der Waals surface area contributed by atoms with E-state index in [0.29, 0.717) is 18.1 Å². The Morgan fingerprint density at radius 3 is 2.73 bits per heavy atom. The van der Waals surface area contributed by atoms with Gasteiger partial charge in [0.2, 0.25) is 5.91 Å². The van der Waals surface area contributed by atoms with Crippen LogP contribution in [0.4, 0.5) is 5.69 Å². The van der Waals surface area contributed by atoms with Gasteiger partial charge in [-0.15, -0.1) is 24.2 Å². The first kappa shape index (κ1) is 20.8. The van der Waals surface area contributed by atoms with Crippen molar-refractivity contribution in [3.63, 3.8) is 0 Å². The Balaban J connectivity index is 0.00000441. The molecule has 1 rings (SSSR count). The van der Waals surface area contributed by atoms with Gasteiger partial charge in [-0.3, -0.25) is 9.59 Å².